The van der Waals surface area contributed by atoms with Gasteiger partial charge in [-0.1, -0.05) is 39.5 Å². The number of Topliss-reactive ketones (excluding diaryl/α,β-unsaturated/α-hetero) is 1. The van der Waals surface area contributed by atoms with Gasteiger partial charge in [0.1, 0.15) is 0 Å². The third kappa shape index (κ3) is 8.03. The fraction of sp³-hybridized carbons (Fsp3) is 0.385. The van der Waals surface area contributed by atoms with E-state index in [-0.39, 0.29) is 23.3 Å². The molecule has 1 amide bonds. The molecule has 1 aliphatic rings. The Morgan fingerprint density at radius 3 is 2.50 bits per heavy atom. The smallest absolute Gasteiger partial charge is 0.227 e. The molecule has 0 unspecified atom stereocenters. The Kier molecular flexibility index (Phi) is 12.1. The fourth-order valence-corrected chi connectivity index (χ4v) is 3.05. The lowest BCUT2D eigenvalue weighted by molar-refractivity contribution is -0.121. The molecule has 0 spiro atoms. The van der Waals surface area contributed by atoms with Crippen molar-refractivity contribution in [3.63, 3.8) is 0 Å². The first-order chi connectivity index (χ1) is 16.4. The van der Waals surface area contributed by atoms with Crippen LogP contribution >= 0.6 is 0 Å². The highest BCUT2D eigenvalue weighted by atomic mass is 16.5. The van der Waals surface area contributed by atoms with Gasteiger partial charge in [0.15, 0.2) is 11.5 Å². The van der Waals surface area contributed by atoms with Gasteiger partial charge in [-0.2, -0.15) is 5.10 Å². The predicted octanol–water partition coefficient (Wildman–Crippen LogP) is 4.56. The lowest BCUT2D eigenvalue weighted by atomic mass is 10.0. The van der Waals surface area contributed by atoms with E-state index in [0.717, 1.165) is 12.8 Å². The van der Waals surface area contributed by atoms with Crippen molar-refractivity contribution in [3.8, 4) is 5.75 Å². The Hall–Kier alpha value is -3.68. The highest BCUT2D eigenvalue weighted by Gasteiger charge is 2.29. The van der Waals surface area contributed by atoms with Crippen LogP contribution in [0.4, 0.5) is 5.69 Å². The van der Waals surface area contributed by atoms with Crippen molar-refractivity contribution in [1.29, 1.82) is 5.41 Å². The van der Waals surface area contributed by atoms with Crippen LogP contribution in [0.1, 0.15) is 52.5 Å². The number of hydrogen-bond acceptors (Lipinski definition) is 7. The van der Waals surface area contributed by atoms with Crippen LogP contribution in [-0.4, -0.2) is 37.8 Å². The minimum Gasteiger partial charge on any atom is -0.494 e. The molecule has 1 aromatic rings. The molecule has 0 saturated heterocycles. The van der Waals surface area contributed by atoms with Gasteiger partial charge in [-0.25, -0.2) is 0 Å². The van der Waals surface area contributed by atoms with Crippen LogP contribution in [0.3, 0.4) is 0 Å². The summed E-state index contributed by atoms with van der Waals surface area (Å²) in [6, 6.07) is 5.31. The Balaban J connectivity index is 0.00000281. The van der Waals surface area contributed by atoms with Crippen molar-refractivity contribution < 1.29 is 14.3 Å². The molecule has 0 aromatic heterocycles. The second-order valence-electron chi connectivity index (χ2n) is 7.31. The van der Waals surface area contributed by atoms with Crippen LogP contribution < -0.4 is 20.8 Å². The Bertz CT molecular complexity index is 988. The van der Waals surface area contributed by atoms with E-state index in [4.69, 9.17) is 10.1 Å². The quantitative estimate of drug-likeness (QED) is 0.156. The van der Waals surface area contributed by atoms with Gasteiger partial charge in [0.2, 0.25) is 5.91 Å². The lowest BCUT2D eigenvalue weighted by Gasteiger charge is -2.17. The topological polar surface area (TPSA) is 116 Å². The Morgan fingerprint density at radius 1 is 1.29 bits per heavy atom. The van der Waals surface area contributed by atoms with Crippen LogP contribution in [0.2, 0.25) is 0 Å². The standard InChI is InChI=1S/C24H31N5O3.C2H6/c1-6-17(22(30)7-2)21(13-15(3)28-24(31)16-11-12-16)29-20-10-8-9-18(23(20)32-5)19(25)14-27-26-4;1-2/h6,8-10,13-14,16,25-26,29H,1,7,11-12H2,2-5H3,(H,28,31);1-2H3/b15-13+,21-17-,25-19?,27-14-;. The first-order valence-corrected chi connectivity index (χ1v) is 11.5. The molecule has 2 rings (SSSR count). The molecule has 1 fully saturated rings. The first-order valence-electron chi connectivity index (χ1n) is 11.5. The number of nitrogens with zero attached hydrogens (tertiary/aromatic N) is 1. The van der Waals surface area contributed by atoms with E-state index in [0.29, 0.717) is 40.4 Å². The summed E-state index contributed by atoms with van der Waals surface area (Å²) in [6.07, 6.45) is 6.70. The summed E-state index contributed by atoms with van der Waals surface area (Å²) in [5.74, 6) is 0.385. The molecule has 1 aromatic carbocycles. The van der Waals surface area contributed by atoms with Crippen LogP contribution in [0, 0.1) is 11.3 Å². The van der Waals surface area contributed by atoms with E-state index < -0.39 is 0 Å². The van der Waals surface area contributed by atoms with Gasteiger partial charge in [0.25, 0.3) is 0 Å². The molecular formula is C26H37N5O3. The van der Waals surface area contributed by atoms with Crippen LogP contribution in [0.25, 0.3) is 0 Å². The number of hydrogen-bond donors (Lipinski definition) is 4. The van der Waals surface area contributed by atoms with Gasteiger partial charge in [-0.3, -0.25) is 15.0 Å². The summed E-state index contributed by atoms with van der Waals surface area (Å²) in [4.78, 5) is 24.7. The molecule has 4 N–H and O–H groups in total. The minimum absolute atomic E-state index is 0.0167. The van der Waals surface area contributed by atoms with E-state index >= 15 is 0 Å². The third-order valence-corrected chi connectivity index (χ3v) is 4.85. The number of ether oxygens (including phenoxy) is 1. The van der Waals surface area contributed by atoms with Gasteiger partial charge in [0.05, 0.1) is 30.4 Å². The summed E-state index contributed by atoms with van der Waals surface area (Å²) in [7, 11) is 3.16. The average molecular weight is 468 g/mol. The highest BCUT2D eigenvalue weighted by Crippen LogP contribution is 2.32. The second kappa shape index (κ2) is 14.5. The molecule has 1 aliphatic carbocycles. The minimum atomic E-state index is -0.0934. The number of benzene rings is 1. The van der Waals surface area contributed by atoms with Crippen molar-refractivity contribution in [1.82, 2.24) is 10.7 Å². The van der Waals surface area contributed by atoms with E-state index in [1.807, 2.05) is 13.8 Å². The number of ketones is 1. The number of para-hydroxylation sites is 1. The largest absolute Gasteiger partial charge is 0.494 e. The van der Waals surface area contributed by atoms with Crippen molar-refractivity contribution in [2.45, 2.75) is 47.0 Å². The molecule has 8 heteroatoms. The monoisotopic (exact) mass is 467 g/mol. The number of rotatable bonds is 12. The number of anilines is 1. The molecule has 0 radical (unpaired) electrons. The molecule has 0 atom stereocenters. The molecule has 34 heavy (non-hydrogen) atoms. The van der Waals surface area contributed by atoms with Gasteiger partial charge in [-0.05, 0) is 38.0 Å². The number of hydrazone groups is 1. The lowest BCUT2D eigenvalue weighted by Crippen LogP contribution is -2.23. The highest BCUT2D eigenvalue weighted by molar-refractivity contribution is 6.37. The number of carbonyl (C=O) groups is 2. The maximum Gasteiger partial charge on any atom is 0.227 e. The Morgan fingerprint density at radius 2 is 1.97 bits per heavy atom. The van der Waals surface area contributed by atoms with Crippen molar-refractivity contribution >= 4 is 29.3 Å². The molecule has 0 bridgehead atoms. The summed E-state index contributed by atoms with van der Waals surface area (Å²) < 4.78 is 5.58. The van der Waals surface area contributed by atoms with Gasteiger partial charge in [-0.15, -0.1) is 0 Å². The van der Waals surface area contributed by atoms with E-state index in [9.17, 15) is 9.59 Å². The maximum atomic E-state index is 12.6. The molecule has 0 aliphatic heterocycles. The van der Waals surface area contributed by atoms with E-state index in [2.05, 4.69) is 27.7 Å². The SMILES string of the molecule is C=C/C(C(=O)CC)=C(\C=C(/C)NC(=O)C1CC1)Nc1cccc(C(=N)/C=N\NC)c1OC.CC. The van der Waals surface area contributed by atoms with Crippen LogP contribution in [-0.2, 0) is 9.59 Å². The zero-order valence-electron chi connectivity index (χ0n) is 21.0. The number of amides is 1. The number of allylic oxidation sites excluding steroid dienone is 4. The van der Waals surface area contributed by atoms with Crippen LogP contribution in [0.15, 0.2) is 59.0 Å². The molecule has 1 saturated carbocycles. The second-order valence-corrected chi connectivity index (χ2v) is 7.31. The van der Waals surface area contributed by atoms with Gasteiger partial charge < -0.3 is 20.8 Å². The normalized spacial score (nSPS) is 13.8. The van der Waals surface area contributed by atoms with Crippen molar-refractivity contribution in [2.75, 3.05) is 19.5 Å². The van der Waals surface area contributed by atoms with E-state index in [1.54, 1.807) is 45.2 Å². The van der Waals surface area contributed by atoms with Crippen molar-refractivity contribution in [3.05, 3.63) is 59.5 Å². The summed E-state index contributed by atoms with van der Waals surface area (Å²) >= 11 is 0. The maximum absolute atomic E-state index is 12.6. The number of nitrogens with one attached hydrogen (secondary N) is 4. The summed E-state index contributed by atoms with van der Waals surface area (Å²) in [5, 5.41) is 18.3. The third-order valence-electron chi connectivity index (χ3n) is 4.85. The molecule has 184 valence electrons. The van der Waals surface area contributed by atoms with E-state index in [1.165, 1.54) is 19.4 Å². The number of methoxy groups -OCH3 is 1. The number of carbonyl (C=O) groups excluding carboxylic acids is 2. The zero-order valence-corrected chi connectivity index (χ0v) is 21.0. The van der Waals surface area contributed by atoms with Gasteiger partial charge >= 0.3 is 0 Å². The van der Waals surface area contributed by atoms with Crippen molar-refractivity contribution in [2.24, 2.45) is 11.0 Å². The molecule has 0 heterocycles. The first kappa shape index (κ1) is 28.4. The predicted molar refractivity (Wildman–Crippen MR) is 139 cm³/mol. The zero-order chi connectivity index (χ0) is 25.7. The average Bonchev–Trinajstić information content (AvgIpc) is 3.69. The summed E-state index contributed by atoms with van der Waals surface area (Å²) in [6.45, 7) is 11.3. The molecule has 8 nitrogen and oxygen atoms in total. The van der Waals surface area contributed by atoms with Gasteiger partial charge in [0, 0.05) is 36.2 Å². The fourth-order valence-electron chi connectivity index (χ4n) is 3.05. The Labute approximate surface area is 202 Å². The molecular weight excluding hydrogens is 430 g/mol. The van der Waals surface area contributed by atoms with Crippen LogP contribution in [0.5, 0.6) is 5.75 Å². The summed E-state index contributed by atoms with van der Waals surface area (Å²) in [5.41, 5.74) is 5.34.